The Kier molecular flexibility index (Phi) is 6.98. The lowest BCUT2D eigenvalue weighted by molar-refractivity contribution is 0.260. The molecule has 0 amide bonds. The quantitative estimate of drug-likeness (QED) is 0.912. The highest BCUT2D eigenvalue weighted by Crippen LogP contribution is 2.16. The maximum atomic E-state index is 11.2. The minimum absolute atomic E-state index is 0.625. The van der Waals surface area contributed by atoms with Gasteiger partial charge in [-0.05, 0) is 37.2 Å². The number of hydrogen-bond donors (Lipinski definition) is 1. The van der Waals surface area contributed by atoms with Gasteiger partial charge in [0.1, 0.15) is 5.75 Å². The zero-order valence-corrected chi connectivity index (χ0v) is 12.3. The molecule has 3 nitrogen and oxygen atoms in total. The van der Waals surface area contributed by atoms with Crippen LogP contribution in [0.15, 0.2) is 29.2 Å². The molecular formula is C14H23NO2S. The zero-order valence-electron chi connectivity index (χ0n) is 11.4. The first-order chi connectivity index (χ1) is 8.75. The molecule has 0 saturated carbocycles. The Morgan fingerprint density at radius 2 is 2.00 bits per heavy atom. The molecule has 1 N–H and O–H groups in total. The van der Waals surface area contributed by atoms with Crippen LogP contribution in [0, 0.1) is 5.92 Å². The maximum Gasteiger partial charge on any atom is 0.119 e. The highest BCUT2D eigenvalue weighted by molar-refractivity contribution is 7.84. The first-order valence-electron chi connectivity index (χ1n) is 6.53. The Labute approximate surface area is 112 Å². The van der Waals surface area contributed by atoms with Crippen LogP contribution in [-0.4, -0.2) is 30.2 Å². The molecule has 0 aliphatic carbocycles. The summed E-state index contributed by atoms with van der Waals surface area (Å²) >= 11 is 0. The van der Waals surface area contributed by atoms with Gasteiger partial charge in [0.15, 0.2) is 0 Å². The van der Waals surface area contributed by atoms with Crippen molar-refractivity contribution in [2.24, 2.45) is 5.92 Å². The van der Waals surface area contributed by atoms with E-state index in [-0.39, 0.29) is 0 Å². The van der Waals surface area contributed by atoms with Crippen LogP contribution < -0.4 is 10.1 Å². The second kappa shape index (κ2) is 8.27. The monoisotopic (exact) mass is 269 g/mol. The molecule has 0 radical (unpaired) electrons. The van der Waals surface area contributed by atoms with Gasteiger partial charge in [-0.3, -0.25) is 4.21 Å². The molecule has 1 aliphatic heterocycles. The summed E-state index contributed by atoms with van der Waals surface area (Å²) in [6.45, 7) is 6.92. The smallest absolute Gasteiger partial charge is 0.119 e. The molecule has 1 fully saturated rings. The number of hydrogen-bond acceptors (Lipinski definition) is 3. The van der Waals surface area contributed by atoms with Crippen molar-refractivity contribution in [2.45, 2.75) is 25.2 Å². The van der Waals surface area contributed by atoms with Crippen molar-refractivity contribution >= 4 is 10.8 Å². The summed E-state index contributed by atoms with van der Waals surface area (Å²) in [6.07, 6.45) is 2.87. The summed E-state index contributed by atoms with van der Waals surface area (Å²) in [7, 11) is -0.909. The number of nitrogens with one attached hydrogen (secondary N) is 1. The van der Waals surface area contributed by atoms with Gasteiger partial charge in [-0.2, -0.15) is 0 Å². The van der Waals surface area contributed by atoms with Gasteiger partial charge in [-0.25, -0.2) is 0 Å². The fourth-order valence-corrected chi connectivity index (χ4v) is 2.32. The molecule has 102 valence electrons. The molecule has 1 aromatic rings. The third kappa shape index (κ3) is 4.78. The van der Waals surface area contributed by atoms with E-state index in [0.717, 1.165) is 30.3 Å². The fraction of sp³-hybridized carbons (Fsp3) is 0.571. The topological polar surface area (TPSA) is 38.3 Å². The first kappa shape index (κ1) is 15.2. The number of rotatable bonds is 4. The van der Waals surface area contributed by atoms with Crippen LogP contribution in [0.25, 0.3) is 0 Å². The van der Waals surface area contributed by atoms with Crippen LogP contribution in [0.5, 0.6) is 5.75 Å². The van der Waals surface area contributed by atoms with Gasteiger partial charge in [0, 0.05) is 34.4 Å². The fourth-order valence-electron chi connectivity index (χ4n) is 1.80. The van der Waals surface area contributed by atoms with Crippen molar-refractivity contribution in [3.63, 3.8) is 0 Å². The highest BCUT2D eigenvalue weighted by atomic mass is 32.2. The minimum Gasteiger partial charge on any atom is -0.493 e. The van der Waals surface area contributed by atoms with Gasteiger partial charge >= 0.3 is 0 Å². The van der Waals surface area contributed by atoms with Crippen molar-refractivity contribution in [3.8, 4) is 5.75 Å². The SMILES string of the molecule is CC.CS(=O)c1ccc(OCC2CCNC2)cc1. The van der Waals surface area contributed by atoms with E-state index in [0.29, 0.717) is 5.92 Å². The third-order valence-corrected chi connectivity index (χ3v) is 3.74. The molecule has 2 atom stereocenters. The van der Waals surface area contributed by atoms with Gasteiger partial charge in [0.05, 0.1) is 6.61 Å². The van der Waals surface area contributed by atoms with E-state index in [9.17, 15) is 4.21 Å². The lowest BCUT2D eigenvalue weighted by Gasteiger charge is -2.10. The van der Waals surface area contributed by atoms with Crippen molar-refractivity contribution in [1.29, 1.82) is 0 Å². The normalized spacial score (nSPS) is 19.8. The van der Waals surface area contributed by atoms with Crippen LogP contribution in [0.2, 0.25) is 0 Å². The van der Waals surface area contributed by atoms with Crippen LogP contribution in [0.3, 0.4) is 0 Å². The molecule has 1 aliphatic rings. The molecular weight excluding hydrogens is 246 g/mol. The Balaban J connectivity index is 0.000000771. The molecule has 1 aromatic carbocycles. The van der Waals surface area contributed by atoms with Gasteiger partial charge in [-0.1, -0.05) is 13.8 Å². The summed E-state index contributed by atoms with van der Waals surface area (Å²) in [4.78, 5) is 0.842. The maximum absolute atomic E-state index is 11.2. The van der Waals surface area contributed by atoms with E-state index in [1.807, 2.05) is 38.1 Å². The minimum atomic E-state index is -0.909. The van der Waals surface area contributed by atoms with Crippen LogP contribution in [0.4, 0.5) is 0 Å². The van der Waals surface area contributed by atoms with E-state index in [1.165, 1.54) is 6.42 Å². The van der Waals surface area contributed by atoms with E-state index in [2.05, 4.69) is 5.32 Å². The molecule has 0 spiro atoms. The zero-order chi connectivity index (χ0) is 13.4. The summed E-state index contributed by atoms with van der Waals surface area (Å²) in [5.41, 5.74) is 0. The molecule has 2 rings (SSSR count). The van der Waals surface area contributed by atoms with Gasteiger partial charge in [0.25, 0.3) is 0 Å². The van der Waals surface area contributed by atoms with Crippen molar-refractivity contribution in [3.05, 3.63) is 24.3 Å². The third-order valence-electron chi connectivity index (χ3n) is 2.80. The lowest BCUT2D eigenvalue weighted by Crippen LogP contribution is -2.15. The molecule has 0 aromatic heterocycles. The second-order valence-electron chi connectivity index (χ2n) is 4.10. The van der Waals surface area contributed by atoms with Gasteiger partial charge in [0.2, 0.25) is 0 Å². The van der Waals surface area contributed by atoms with E-state index >= 15 is 0 Å². The van der Waals surface area contributed by atoms with Crippen molar-refractivity contribution in [1.82, 2.24) is 5.32 Å². The van der Waals surface area contributed by atoms with Gasteiger partial charge < -0.3 is 10.1 Å². The summed E-state index contributed by atoms with van der Waals surface area (Å²) in [5, 5.41) is 3.31. The Hall–Kier alpha value is -0.870. The molecule has 2 unspecified atom stereocenters. The van der Waals surface area contributed by atoms with E-state index in [1.54, 1.807) is 6.26 Å². The number of benzene rings is 1. The molecule has 18 heavy (non-hydrogen) atoms. The first-order valence-corrected chi connectivity index (χ1v) is 8.08. The van der Waals surface area contributed by atoms with E-state index in [4.69, 9.17) is 4.74 Å². The van der Waals surface area contributed by atoms with Crippen molar-refractivity contribution < 1.29 is 8.95 Å². The average molecular weight is 269 g/mol. The summed E-state index contributed by atoms with van der Waals surface area (Å²) in [6, 6.07) is 7.49. The molecule has 1 heterocycles. The molecule has 4 heteroatoms. The lowest BCUT2D eigenvalue weighted by atomic mass is 10.1. The average Bonchev–Trinajstić information content (AvgIpc) is 2.92. The van der Waals surface area contributed by atoms with Crippen LogP contribution in [-0.2, 0) is 10.8 Å². The Morgan fingerprint density at radius 3 is 2.50 bits per heavy atom. The predicted molar refractivity (Wildman–Crippen MR) is 76.6 cm³/mol. The van der Waals surface area contributed by atoms with E-state index < -0.39 is 10.8 Å². The Morgan fingerprint density at radius 1 is 1.33 bits per heavy atom. The number of ether oxygens (including phenoxy) is 1. The van der Waals surface area contributed by atoms with Crippen LogP contribution in [0.1, 0.15) is 20.3 Å². The highest BCUT2D eigenvalue weighted by Gasteiger charge is 2.14. The predicted octanol–water partition coefficient (Wildman–Crippen LogP) is 2.44. The Bertz CT molecular complexity index is 359. The second-order valence-corrected chi connectivity index (χ2v) is 5.48. The van der Waals surface area contributed by atoms with Gasteiger partial charge in [-0.15, -0.1) is 0 Å². The standard InChI is InChI=1S/C12H17NO2S.C2H6/c1-16(14)12-4-2-11(3-5-12)15-9-10-6-7-13-8-10;1-2/h2-5,10,13H,6-9H2,1H3;1-2H3. The van der Waals surface area contributed by atoms with Crippen molar-refractivity contribution in [2.75, 3.05) is 26.0 Å². The molecule has 0 bridgehead atoms. The summed E-state index contributed by atoms with van der Waals surface area (Å²) in [5.74, 6) is 1.49. The largest absolute Gasteiger partial charge is 0.493 e. The van der Waals surface area contributed by atoms with Crippen LogP contribution >= 0.6 is 0 Å². The molecule has 1 saturated heterocycles. The summed E-state index contributed by atoms with van der Waals surface area (Å²) < 4.78 is 16.9.